The van der Waals surface area contributed by atoms with E-state index in [0.29, 0.717) is 16.9 Å². The number of nitrogens with two attached hydrogens (primary N) is 1. The van der Waals surface area contributed by atoms with Crippen molar-refractivity contribution in [2.24, 2.45) is 0 Å². The summed E-state index contributed by atoms with van der Waals surface area (Å²) < 4.78 is 11.0. The summed E-state index contributed by atoms with van der Waals surface area (Å²) in [7, 11) is 1.62. The van der Waals surface area contributed by atoms with Gasteiger partial charge in [0.2, 0.25) is 0 Å². The molecule has 0 saturated heterocycles. The second kappa shape index (κ2) is 6.09. The number of rotatable bonds is 3. The summed E-state index contributed by atoms with van der Waals surface area (Å²) in [5.74, 6) is 2.33. The van der Waals surface area contributed by atoms with Gasteiger partial charge < -0.3 is 14.9 Å². The zero-order valence-electron chi connectivity index (χ0n) is 13.8. The largest absolute Gasteiger partial charge is 0.497 e. The zero-order chi connectivity index (χ0) is 17.3. The van der Waals surface area contributed by atoms with Crippen molar-refractivity contribution in [2.75, 3.05) is 12.8 Å². The highest BCUT2D eigenvalue weighted by Crippen LogP contribution is 2.39. The third-order valence-corrected chi connectivity index (χ3v) is 3.88. The van der Waals surface area contributed by atoms with Gasteiger partial charge in [-0.1, -0.05) is 12.1 Å². The number of furan rings is 1. The molecule has 1 aromatic carbocycles. The Bertz CT molecular complexity index is 934. The Morgan fingerprint density at radius 1 is 1.08 bits per heavy atom. The number of nitrogen functional groups attached to an aromatic ring is 1. The fourth-order valence-corrected chi connectivity index (χ4v) is 2.77. The van der Waals surface area contributed by atoms with Gasteiger partial charge in [0, 0.05) is 16.8 Å². The summed E-state index contributed by atoms with van der Waals surface area (Å²) in [6, 6.07) is 13.5. The van der Waals surface area contributed by atoms with Gasteiger partial charge in [0.1, 0.15) is 34.7 Å². The molecular weight excluding hydrogens is 302 g/mol. The van der Waals surface area contributed by atoms with E-state index in [1.165, 1.54) is 0 Å². The summed E-state index contributed by atoms with van der Waals surface area (Å²) >= 11 is 0. The number of benzene rings is 1. The number of aromatic nitrogens is 1. The van der Waals surface area contributed by atoms with E-state index >= 15 is 0 Å². The van der Waals surface area contributed by atoms with Gasteiger partial charge in [-0.05, 0) is 43.7 Å². The van der Waals surface area contributed by atoms with Crippen LogP contribution in [0.25, 0.3) is 22.5 Å². The SMILES string of the molecule is COc1ccc(-c2c(C)nc(N)c(C#N)c2-c2ccc(C)o2)cc1. The molecule has 5 heteroatoms. The first-order valence-electron chi connectivity index (χ1n) is 7.46. The van der Waals surface area contributed by atoms with E-state index in [1.807, 2.05) is 50.2 Å². The maximum absolute atomic E-state index is 9.58. The second-order valence-electron chi connectivity index (χ2n) is 5.46. The Morgan fingerprint density at radius 3 is 2.33 bits per heavy atom. The van der Waals surface area contributed by atoms with Crippen molar-refractivity contribution in [1.29, 1.82) is 5.26 Å². The Morgan fingerprint density at radius 2 is 1.79 bits per heavy atom. The molecule has 2 heterocycles. The third kappa shape index (κ3) is 2.59. The molecule has 0 unspecified atom stereocenters. The second-order valence-corrected chi connectivity index (χ2v) is 5.46. The lowest BCUT2D eigenvalue weighted by molar-refractivity contribution is 0.415. The number of anilines is 1. The highest BCUT2D eigenvalue weighted by molar-refractivity contribution is 5.89. The molecular formula is C19H17N3O2. The summed E-state index contributed by atoms with van der Waals surface area (Å²) in [4.78, 5) is 4.34. The van der Waals surface area contributed by atoms with Crippen LogP contribution in [0.2, 0.25) is 0 Å². The first-order chi connectivity index (χ1) is 11.5. The first kappa shape index (κ1) is 15.6. The monoisotopic (exact) mass is 319 g/mol. The van der Waals surface area contributed by atoms with Crippen molar-refractivity contribution >= 4 is 5.82 Å². The number of pyridine rings is 1. The summed E-state index contributed by atoms with van der Waals surface area (Å²) in [5, 5.41) is 9.58. The van der Waals surface area contributed by atoms with Crippen LogP contribution in [-0.4, -0.2) is 12.1 Å². The Kier molecular flexibility index (Phi) is 3.97. The smallest absolute Gasteiger partial charge is 0.142 e. The van der Waals surface area contributed by atoms with Crippen molar-refractivity contribution in [3.05, 3.63) is 53.4 Å². The molecule has 120 valence electrons. The van der Waals surface area contributed by atoms with Gasteiger partial charge in [-0.25, -0.2) is 4.98 Å². The van der Waals surface area contributed by atoms with Gasteiger partial charge in [0.05, 0.1) is 7.11 Å². The standard InChI is InChI=1S/C19H17N3O2/c1-11-4-9-16(24-11)18-15(10-20)19(21)22-12(2)17(18)13-5-7-14(23-3)8-6-13/h4-9H,1-3H3,(H2,21,22). The van der Waals surface area contributed by atoms with Crippen molar-refractivity contribution in [3.8, 4) is 34.3 Å². The van der Waals surface area contributed by atoms with Crippen LogP contribution in [0.4, 0.5) is 5.82 Å². The normalized spacial score (nSPS) is 10.4. The predicted molar refractivity (Wildman–Crippen MR) is 92.5 cm³/mol. The van der Waals surface area contributed by atoms with Crippen LogP contribution in [0.3, 0.4) is 0 Å². The molecule has 0 bridgehead atoms. The maximum Gasteiger partial charge on any atom is 0.142 e. The molecule has 0 radical (unpaired) electrons. The van der Waals surface area contributed by atoms with Crippen LogP contribution >= 0.6 is 0 Å². The first-order valence-corrected chi connectivity index (χ1v) is 7.46. The molecule has 0 aliphatic heterocycles. The minimum atomic E-state index is 0.205. The average Bonchev–Trinajstić information content (AvgIpc) is 3.00. The van der Waals surface area contributed by atoms with Gasteiger partial charge in [-0.3, -0.25) is 0 Å². The number of hydrogen-bond donors (Lipinski definition) is 1. The average molecular weight is 319 g/mol. The molecule has 2 aromatic heterocycles. The molecule has 0 fully saturated rings. The molecule has 5 nitrogen and oxygen atoms in total. The van der Waals surface area contributed by atoms with E-state index in [-0.39, 0.29) is 5.82 Å². The van der Waals surface area contributed by atoms with Gasteiger partial charge in [-0.15, -0.1) is 0 Å². The molecule has 0 amide bonds. The van der Waals surface area contributed by atoms with E-state index in [0.717, 1.165) is 28.3 Å². The van der Waals surface area contributed by atoms with Gasteiger partial charge in [0.15, 0.2) is 0 Å². The van der Waals surface area contributed by atoms with Gasteiger partial charge in [0.25, 0.3) is 0 Å². The Balaban J connectivity index is 2.33. The van der Waals surface area contributed by atoms with E-state index in [9.17, 15) is 5.26 Å². The molecule has 0 saturated carbocycles. The van der Waals surface area contributed by atoms with Crippen molar-refractivity contribution in [1.82, 2.24) is 4.98 Å². The number of ether oxygens (including phenoxy) is 1. The highest BCUT2D eigenvalue weighted by atomic mass is 16.5. The third-order valence-electron chi connectivity index (χ3n) is 3.88. The Hall–Kier alpha value is -3.26. The lowest BCUT2D eigenvalue weighted by Gasteiger charge is -2.14. The molecule has 0 aliphatic carbocycles. The van der Waals surface area contributed by atoms with Gasteiger partial charge in [-0.2, -0.15) is 5.26 Å². The van der Waals surface area contributed by atoms with Crippen molar-refractivity contribution < 1.29 is 9.15 Å². The predicted octanol–water partition coefficient (Wildman–Crippen LogP) is 4.09. The van der Waals surface area contributed by atoms with Crippen LogP contribution in [0.5, 0.6) is 5.75 Å². The number of methoxy groups -OCH3 is 1. The quantitative estimate of drug-likeness (QED) is 0.786. The lowest BCUT2D eigenvalue weighted by atomic mass is 9.93. The van der Waals surface area contributed by atoms with E-state index < -0.39 is 0 Å². The maximum atomic E-state index is 9.58. The minimum Gasteiger partial charge on any atom is -0.497 e. The van der Waals surface area contributed by atoms with Crippen LogP contribution in [0.1, 0.15) is 17.0 Å². The fraction of sp³-hybridized carbons (Fsp3) is 0.158. The number of nitriles is 1. The molecule has 0 aliphatic rings. The minimum absolute atomic E-state index is 0.205. The van der Waals surface area contributed by atoms with E-state index in [4.69, 9.17) is 14.9 Å². The molecule has 24 heavy (non-hydrogen) atoms. The molecule has 2 N–H and O–H groups in total. The summed E-state index contributed by atoms with van der Waals surface area (Å²) in [6.45, 7) is 3.73. The lowest BCUT2D eigenvalue weighted by Crippen LogP contribution is -2.03. The number of aryl methyl sites for hydroxylation is 2. The van der Waals surface area contributed by atoms with Crippen LogP contribution in [-0.2, 0) is 0 Å². The molecule has 3 aromatic rings. The van der Waals surface area contributed by atoms with Gasteiger partial charge >= 0.3 is 0 Å². The number of nitrogens with zero attached hydrogens (tertiary/aromatic N) is 2. The fourth-order valence-electron chi connectivity index (χ4n) is 2.77. The summed E-state index contributed by atoms with van der Waals surface area (Å²) in [5.41, 5.74) is 9.45. The molecule has 0 atom stereocenters. The van der Waals surface area contributed by atoms with E-state index in [2.05, 4.69) is 11.1 Å². The molecule has 3 rings (SSSR count). The topological polar surface area (TPSA) is 85.1 Å². The highest BCUT2D eigenvalue weighted by Gasteiger charge is 2.21. The van der Waals surface area contributed by atoms with Crippen LogP contribution < -0.4 is 10.5 Å². The number of hydrogen-bond acceptors (Lipinski definition) is 5. The van der Waals surface area contributed by atoms with Crippen molar-refractivity contribution in [3.63, 3.8) is 0 Å². The summed E-state index contributed by atoms with van der Waals surface area (Å²) in [6.07, 6.45) is 0. The zero-order valence-corrected chi connectivity index (χ0v) is 13.8. The Labute approximate surface area is 140 Å². The van der Waals surface area contributed by atoms with Crippen LogP contribution in [0, 0.1) is 25.2 Å². The van der Waals surface area contributed by atoms with Crippen molar-refractivity contribution in [2.45, 2.75) is 13.8 Å². The van der Waals surface area contributed by atoms with E-state index in [1.54, 1.807) is 7.11 Å². The van der Waals surface area contributed by atoms with Crippen LogP contribution in [0.15, 0.2) is 40.8 Å². The molecule has 0 spiro atoms.